The molecule has 1 aromatic rings. The highest BCUT2D eigenvalue weighted by atomic mass is 16.1. The Morgan fingerprint density at radius 3 is 3.33 bits per heavy atom. The van der Waals surface area contributed by atoms with Crippen molar-refractivity contribution in [2.45, 2.75) is 26.3 Å². The molecule has 4 heteroatoms. The second kappa shape index (κ2) is 2.62. The van der Waals surface area contributed by atoms with Crippen molar-refractivity contribution >= 4 is 11.9 Å². The normalized spacial score (nSPS) is 16.6. The molecule has 0 atom stereocenters. The highest BCUT2D eigenvalue weighted by Gasteiger charge is 2.13. The Bertz CT molecular complexity index is 316. The van der Waals surface area contributed by atoms with Crippen LogP contribution in [0.4, 0.5) is 5.95 Å². The summed E-state index contributed by atoms with van der Waals surface area (Å²) in [5.41, 5.74) is 0.951. The summed E-state index contributed by atoms with van der Waals surface area (Å²) < 4.78 is 1.99. The molecule has 64 valence electrons. The van der Waals surface area contributed by atoms with Gasteiger partial charge in [0, 0.05) is 19.2 Å². The second-order valence-electron chi connectivity index (χ2n) is 3.05. The quantitative estimate of drug-likeness (QED) is 0.621. The fourth-order valence-corrected chi connectivity index (χ4v) is 1.41. The van der Waals surface area contributed by atoms with Crippen LogP contribution in [-0.2, 0) is 11.3 Å². The third-order valence-corrected chi connectivity index (χ3v) is 1.95. The van der Waals surface area contributed by atoms with E-state index in [-0.39, 0.29) is 5.91 Å². The third-order valence-electron chi connectivity index (χ3n) is 1.95. The van der Waals surface area contributed by atoms with Gasteiger partial charge in [0.15, 0.2) is 0 Å². The lowest BCUT2D eigenvalue weighted by Crippen LogP contribution is -2.10. The summed E-state index contributed by atoms with van der Waals surface area (Å²) >= 11 is 0. The summed E-state index contributed by atoms with van der Waals surface area (Å²) in [5, 5.41) is 2.76. The maximum atomic E-state index is 11.1. The Kier molecular flexibility index (Phi) is 1.60. The van der Waals surface area contributed by atoms with E-state index in [9.17, 15) is 4.79 Å². The van der Waals surface area contributed by atoms with Crippen molar-refractivity contribution in [3.05, 3.63) is 11.9 Å². The minimum atomic E-state index is 0.0688. The van der Waals surface area contributed by atoms with Crippen LogP contribution in [0.3, 0.4) is 0 Å². The number of nitrogens with one attached hydrogen (secondary N) is 1. The van der Waals surface area contributed by atoms with Crippen molar-refractivity contribution in [1.29, 1.82) is 0 Å². The molecule has 0 spiro atoms. The number of nitrogens with zero attached hydrogens (tertiary/aromatic N) is 2. The van der Waals surface area contributed by atoms with Crippen LogP contribution in [0, 0.1) is 6.92 Å². The Morgan fingerprint density at radius 2 is 2.50 bits per heavy atom. The fourth-order valence-electron chi connectivity index (χ4n) is 1.41. The summed E-state index contributed by atoms with van der Waals surface area (Å²) in [7, 11) is 0. The molecule has 1 aliphatic rings. The molecule has 1 amide bonds. The Balaban J connectivity index is 2.36. The molecule has 1 N–H and O–H groups in total. The molecule has 2 rings (SSSR count). The number of aromatic nitrogens is 2. The first-order chi connectivity index (χ1) is 5.75. The van der Waals surface area contributed by atoms with Gasteiger partial charge in [-0.05, 0) is 13.3 Å². The van der Waals surface area contributed by atoms with Crippen molar-refractivity contribution < 1.29 is 4.79 Å². The maximum absolute atomic E-state index is 11.1. The van der Waals surface area contributed by atoms with Gasteiger partial charge in [-0.15, -0.1) is 0 Å². The molecule has 12 heavy (non-hydrogen) atoms. The molecule has 0 radical (unpaired) electrons. The van der Waals surface area contributed by atoms with E-state index in [2.05, 4.69) is 10.3 Å². The van der Waals surface area contributed by atoms with E-state index >= 15 is 0 Å². The zero-order chi connectivity index (χ0) is 8.55. The van der Waals surface area contributed by atoms with E-state index in [1.165, 1.54) is 0 Å². The molecule has 0 saturated heterocycles. The Hall–Kier alpha value is -1.32. The van der Waals surface area contributed by atoms with Crippen molar-refractivity contribution in [2.75, 3.05) is 5.32 Å². The number of amides is 1. The molecule has 2 heterocycles. The van der Waals surface area contributed by atoms with E-state index in [1.807, 2.05) is 17.7 Å². The number of carbonyl (C=O) groups excluding carboxylic acids is 1. The predicted molar refractivity (Wildman–Crippen MR) is 44.8 cm³/mol. The van der Waals surface area contributed by atoms with Gasteiger partial charge in [0.1, 0.15) is 0 Å². The molecule has 1 aromatic heterocycles. The molecule has 0 bridgehead atoms. The van der Waals surface area contributed by atoms with Crippen molar-refractivity contribution in [3.63, 3.8) is 0 Å². The lowest BCUT2D eigenvalue weighted by molar-refractivity contribution is -0.116. The van der Waals surface area contributed by atoms with Gasteiger partial charge in [0.05, 0.1) is 5.69 Å². The van der Waals surface area contributed by atoms with Crippen molar-refractivity contribution in [1.82, 2.24) is 9.55 Å². The van der Waals surface area contributed by atoms with E-state index in [0.717, 1.165) is 18.7 Å². The largest absolute Gasteiger partial charge is 0.317 e. The molecular weight excluding hydrogens is 154 g/mol. The number of hydrogen-bond donors (Lipinski definition) is 1. The number of fused-ring (bicyclic) bond motifs is 1. The van der Waals surface area contributed by atoms with Gasteiger partial charge in [-0.25, -0.2) is 4.98 Å². The standard InChI is InChI=1S/C8H11N3O/c1-6-5-11-4-2-3-7(12)10-8(11)9-6/h5H,2-4H2,1H3,(H,9,10,12). The van der Waals surface area contributed by atoms with Crippen LogP contribution in [0.15, 0.2) is 6.20 Å². The first-order valence-corrected chi connectivity index (χ1v) is 4.09. The van der Waals surface area contributed by atoms with Crippen LogP contribution >= 0.6 is 0 Å². The minimum Gasteiger partial charge on any atom is -0.317 e. The molecular formula is C8H11N3O. The monoisotopic (exact) mass is 165 g/mol. The molecule has 0 unspecified atom stereocenters. The molecule has 0 fully saturated rings. The van der Waals surface area contributed by atoms with E-state index in [1.54, 1.807) is 0 Å². The fraction of sp³-hybridized carbons (Fsp3) is 0.500. The van der Waals surface area contributed by atoms with E-state index in [4.69, 9.17) is 0 Å². The molecule has 1 aliphatic heterocycles. The minimum absolute atomic E-state index is 0.0688. The van der Waals surface area contributed by atoms with Gasteiger partial charge in [0.2, 0.25) is 11.9 Å². The maximum Gasteiger partial charge on any atom is 0.226 e. The average Bonchev–Trinajstić information content (AvgIpc) is 2.23. The summed E-state index contributed by atoms with van der Waals surface area (Å²) in [6.07, 6.45) is 3.46. The van der Waals surface area contributed by atoms with E-state index in [0.29, 0.717) is 12.4 Å². The molecule has 0 saturated carbocycles. The molecule has 0 aromatic carbocycles. The predicted octanol–water partition coefficient (Wildman–Crippen LogP) is 0.924. The average molecular weight is 165 g/mol. The first kappa shape index (κ1) is 7.34. The van der Waals surface area contributed by atoms with Crippen LogP contribution < -0.4 is 5.32 Å². The van der Waals surface area contributed by atoms with Crippen LogP contribution in [0.25, 0.3) is 0 Å². The van der Waals surface area contributed by atoms with Crippen LogP contribution in [-0.4, -0.2) is 15.5 Å². The smallest absolute Gasteiger partial charge is 0.226 e. The van der Waals surface area contributed by atoms with Crippen LogP contribution in [0.1, 0.15) is 18.5 Å². The van der Waals surface area contributed by atoms with Gasteiger partial charge in [-0.3, -0.25) is 10.1 Å². The van der Waals surface area contributed by atoms with Gasteiger partial charge in [-0.1, -0.05) is 0 Å². The van der Waals surface area contributed by atoms with Gasteiger partial charge in [0.25, 0.3) is 0 Å². The zero-order valence-corrected chi connectivity index (χ0v) is 7.00. The number of hydrogen-bond acceptors (Lipinski definition) is 2. The highest BCUT2D eigenvalue weighted by Crippen LogP contribution is 2.13. The Labute approximate surface area is 70.6 Å². The zero-order valence-electron chi connectivity index (χ0n) is 7.00. The lowest BCUT2D eigenvalue weighted by atomic mass is 10.3. The van der Waals surface area contributed by atoms with Crippen LogP contribution in [0.5, 0.6) is 0 Å². The van der Waals surface area contributed by atoms with Gasteiger partial charge >= 0.3 is 0 Å². The third kappa shape index (κ3) is 1.20. The summed E-state index contributed by atoms with van der Waals surface area (Å²) in [4.78, 5) is 15.3. The summed E-state index contributed by atoms with van der Waals surface area (Å²) in [5.74, 6) is 0.759. The number of rotatable bonds is 0. The van der Waals surface area contributed by atoms with E-state index < -0.39 is 0 Å². The molecule has 0 aliphatic carbocycles. The lowest BCUT2D eigenvalue weighted by Gasteiger charge is -1.99. The Morgan fingerprint density at radius 1 is 1.67 bits per heavy atom. The van der Waals surface area contributed by atoms with Crippen LogP contribution in [0.2, 0.25) is 0 Å². The molecule has 4 nitrogen and oxygen atoms in total. The highest BCUT2D eigenvalue weighted by molar-refractivity contribution is 5.89. The first-order valence-electron chi connectivity index (χ1n) is 4.09. The second-order valence-corrected chi connectivity index (χ2v) is 3.05. The number of carbonyl (C=O) groups is 1. The SMILES string of the molecule is Cc1cn2c(n1)NC(=O)CCC2. The number of anilines is 1. The summed E-state index contributed by atoms with van der Waals surface area (Å²) in [6, 6.07) is 0. The topological polar surface area (TPSA) is 46.9 Å². The number of imidazole rings is 1. The van der Waals surface area contributed by atoms with Crippen molar-refractivity contribution in [3.8, 4) is 0 Å². The van der Waals surface area contributed by atoms with Gasteiger partial charge < -0.3 is 4.57 Å². The summed E-state index contributed by atoms with van der Waals surface area (Å²) in [6.45, 7) is 2.81. The van der Waals surface area contributed by atoms with Gasteiger partial charge in [-0.2, -0.15) is 0 Å². The van der Waals surface area contributed by atoms with Crippen molar-refractivity contribution in [2.24, 2.45) is 0 Å². The number of aryl methyl sites for hydroxylation is 2.